The zero-order chi connectivity index (χ0) is 15.4. The van der Waals surface area contributed by atoms with Gasteiger partial charge >= 0.3 is 0 Å². The molecular weight excluding hydrogens is 278 g/mol. The summed E-state index contributed by atoms with van der Waals surface area (Å²) >= 11 is 0. The van der Waals surface area contributed by atoms with Gasteiger partial charge in [0.15, 0.2) is 0 Å². The maximum Gasteiger partial charge on any atom is 0.237 e. The molecule has 2 fully saturated rings. The molecule has 0 saturated carbocycles. The number of nitrogens with one attached hydrogen (secondary N) is 2. The van der Waals surface area contributed by atoms with Crippen molar-refractivity contribution in [3.8, 4) is 0 Å². The van der Waals surface area contributed by atoms with Crippen LogP contribution in [0.5, 0.6) is 0 Å². The van der Waals surface area contributed by atoms with Gasteiger partial charge in [-0.15, -0.1) is 0 Å². The smallest absolute Gasteiger partial charge is 0.237 e. The van der Waals surface area contributed by atoms with Gasteiger partial charge in [-0.2, -0.15) is 0 Å². The zero-order valence-corrected chi connectivity index (χ0v) is 13.4. The van der Waals surface area contributed by atoms with Crippen molar-refractivity contribution in [3.63, 3.8) is 0 Å². The van der Waals surface area contributed by atoms with Crippen molar-refractivity contribution in [1.29, 1.82) is 0 Å². The summed E-state index contributed by atoms with van der Waals surface area (Å²) in [5, 5.41) is 6.44. The van der Waals surface area contributed by atoms with Crippen molar-refractivity contribution in [3.05, 3.63) is 23.7 Å². The van der Waals surface area contributed by atoms with Crippen molar-refractivity contribution in [2.24, 2.45) is 0 Å². The first kappa shape index (κ1) is 15.6. The number of carbonyl (C=O) groups is 1. The minimum atomic E-state index is -0.0219. The van der Waals surface area contributed by atoms with E-state index in [2.05, 4.69) is 15.5 Å². The van der Waals surface area contributed by atoms with Crippen LogP contribution >= 0.6 is 0 Å². The SMILES string of the molecule is Cc1ccc(C(CNC(=O)[C@H]2CCCCN2)N2CCCC2)o1. The average molecular weight is 305 g/mol. The summed E-state index contributed by atoms with van der Waals surface area (Å²) < 4.78 is 5.83. The lowest BCUT2D eigenvalue weighted by atomic mass is 10.0. The molecule has 2 atom stereocenters. The minimum absolute atomic E-state index is 0.0219. The number of hydrogen-bond donors (Lipinski definition) is 2. The zero-order valence-electron chi connectivity index (χ0n) is 13.4. The first-order valence-corrected chi connectivity index (χ1v) is 8.55. The molecule has 2 saturated heterocycles. The Balaban J connectivity index is 1.61. The van der Waals surface area contributed by atoms with Crippen LogP contribution in [0.15, 0.2) is 16.5 Å². The van der Waals surface area contributed by atoms with Crippen LogP contribution in [0.3, 0.4) is 0 Å². The van der Waals surface area contributed by atoms with Crippen LogP contribution in [0.2, 0.25) is 0 Å². The van der Waals surface area contributed by atoms with Crippen molar-refractivity contribution in [2.45, 2.75) is 51.1 Å². The summed E-state index contributed by atoms with van der Waals surface area (Å²) in [5.41, 5.74) is 0. The number of nitrogens with zero attached hydrogens (tertiary/aromatic N) is 1. The molecule has 3 rings (SSSR count). The quantitative estimate of drug-likeness (QED) is 0.873. The van der Waals surface area contributed by atoms with Crippen molar-refractivity contribution in [2.75, 3.05) is 26.2 Å². The minimum Gasteiger partial charge on any atom is -0.465 e. The largest absolute Gasteiger partial charge is 0.465 e. The van der Waals surface area contributed by atoms with Gasteiger partial charge in [-0.05, 0) is 64.4 Å². The molecule has 2 N–H and O–H groups in total. The van der Waals surface area contributed by atoms with Gasteiger partial charge in [0.05, 0.1) is 12.1 Å². The monoisotopic (exact) mass is 305 g/mol. The maximum atomic E-state index is 12.3. The second-order valence-corrected chi connectivity index (χ2v) is 6.45. The molecule has 5 heteroatoms. The maximum absolute atomic E-state index is 12.3. The van der Waals surface area contributed by atoms with Gasteiger partial charge in [-0.1, -0.05) is 6.42 Å². The van der Waals surface area contributed by atoms with E-state index in [0.29, 0.717) is 6.54 Å². The molecule has 5 nitrogen and oxygen atoms in total. The summed E-state index contributed by atoms with van der Waals surface area (Å²) in [6.07, 6.45) is 5.71. The number of amides is 1. The molecule has 1 aromatic rings. The molecule has 1 aromatic heterocycles. The third-order valence-electron chi connectivity index (χ3n) is 4.77. The number of likely N-dealkylation sites (tertiary alicyclic amines) is 1. The number of rotatable bonds is 5. The molecule has 0 spiro atoms. The number of furan rings is 1. The standard InChI is InChI=1S/C17H27N3O2/c1-13-7-8-16(22-13)15(20-10-4-5-11-20)12-19-17(21)14-6-2-3-9-18-14/h7-8,14-15,18H,2-6,9-12H2,1H3,(H,19,21)/t14-,15?/m1/s1. The Labute approximate surface area is 132 Å². The number of piperidine rings is 1. The molecule has 122 valence electrons. The fraction of sp³-hybridized carbons (Fsp3) is 0.706. The first-order valence-electron chi connectivity index (χ1n) is 8.55. The molecule has 2 aliphatic heterocycles. The van der Waals surface area contributed by atoms with E-state index in [4.69, 9.17) is 4.42 Å². The molecule has 1 amide bonds. The predicted molar refractivity (Wildman–Crippen MR) is 85.6 cm³/mol. The van der Waals surface area contributed by atoms with Crippen LogP contribution in [-0.4, -0.2) is 43.0 Å². The van der Waals surface area contributed by atoms with E-state index in [1.165, 1.54) is 19.3 Å². The van der Waals surface area contributed by atoms with Gasteiger partial charge in [-0.3, -0.25) is 9.69 Å². The summed E-state index contributed by atoms with van der Waals surface area (Å²) in [4.78, 5) is 14.8. The van der Waals surface area contributed by atoms with Crippen LogP contribution in [0, 0.1) is 6.92 Å². The van der Waals surface area contributed by atoms with E-state index < -0.39 is 0 Å². The lowest BCUT2D eigenvalue weighted by Crippen LogP contribution is -2.48. The fourth-order valence-electron chi connectivity index (χ4n) is 3.49. The predicted octanol–water partition coefficient (Wildman–Crippen LogP) is 1.98. The second-order valence-electron chi connectivity index (χ2n) is 6.45. The van der Waals surface area contributed by atoms with E-state index in [-0.39, 0.29) is 18.0 Å². The van der Waals surface area contributed by atoms with Gasteiger partial charge in [0, 0.05) is 6.54 Å². The van der Waals surface area contributed by atoms with Crippen LogP contribution in [0.1, 0.15) is 49.7 Å². The van der Waals surface area contributed by atoms with Crippen LogP contribution in [0.4, 0.5) is 0 Å². The summed E-state index contributed by atoms with van der Waals surface area (Å²) in [7, 11) is 0. The van der Waals surface area contributed by atoms with Gasteiger partial charge in [0.25, 0.3) is 0 Å². The normalized spacial score (nSPS) is 24.3. The van der Waals surface area contributed by atoms with Crippen LogP contribution in [-0.2, 0) is 4.79 Å². The molecule has 0 aliphatic carbocycles. The average Bonchev–Trinajstić information content (AvgIpc) is 3.21. The number of carbonyl (C=O) groups excluding carboxylic acids is 1. The van der Waals surface area contributed by atoms with Gasteiger partial charge in [-0.25, -0.2) is 0 Å². The van der Waals surface area contributed by atoms with E-state index >= 15 is 0 Å². The Morgan fingerprint density at radius 3 is 2.82 bits per heavy atom. The third kappa shape index (κ3) is 3.70. The molecular formula is C17H27N3O2. The Morgan fingerprint density at radius 1 is 1.36 bits per heavy atom. The van der Waals surface area contributed by atoms with Crippen molar-refractivity contribution in [1.82, 2.24) is 15.5 Å². The van der Waals surface area contributed by atoms with E-state index in [1.807, 2.05) is 19.1 Å². The van der Waals surface area contributed by atoms with Crippen LogP contribution in [0.25, 0.3) is 0 Å². The topological polar surface area (TPSA) is 57.5 Å². The highest BCUT2D eigenvalue weighted by molar-refractivity contribution is 5.81. The van der Waals surface area contributed by atoms with Crippen molar-refractivity contribution < 1.29 is 9.21 Å². The highest BCUT2D eigenvalue weighted by atomic mass is 16.3. The first-order chi connectivity index (χ1) is 10.7. The highest BCUT2D eigenvalue weighted by Crippen LogP contribution is 2.26. The molecule has 3 heterocycles. The van der Waals surface area contributed by atoms with Gasteiger partial charge in [0.2, 0.25) is 5.91 Å². The summed E-state index contributed by atoms with van der Waals surface area (Å²) in [6, 6.07) is 4.18. The van der Waals surface area contributed by atoms with Gasteiger partial charge < -0.3 is 15.1 Å². The molecule has 2 aliphatic rings. The van der Waals surface area contributed by atoms with Crippen molar-refractivity contribution >= 4 is 5.91 Å². The highest BCUT2D eigenvalue weighted by Gasteiger charge is 2.28. The van der Waals surface area contributed by atoms with Gasteiger partial charge in [0.1, 0.15) is 11.5 Å². The fourth-order valence-corrected chi connectivity index (χ4v) is 3.49. The molecule has 0 aromatic carbocycles. The third-order valence-corrected chi connectivity index (χ3v) is 4.77. The summed E-state index contributed by atoms with van der Waals surface area (Å²) in [5.74, 6) is 2.03. The Hall–Kier alpha value is -1.33. The van der Waals surface area contributed by atoms with Crippen LogP contribution < -0.4 is 10.6 Å². The number of aryl methyl sites for hydroxylation is 1. The Kier molecular flexibility index (Phi) is 5.16. The lowest BCUT2D eigenvalue weighted by molar-refractivity contribution is -0.123. The molecule has 22 heavy (non-hydrogen) atoms. The van der Waals surface area contributed by atoms with E-state index in [9.17, 15) is 4.79 Å². The molecule has 0 bridgehead atoms. The lowest BCUT2D eigenvalue weighted by Gasteiger charge is -2.28. The summed E-state index contributed by atoms with van der Waals surface area (Å²) in [6.45, 7) is 5.72. The Morgan fingerprint density at radius 2 is 2.18 bits per heavy atom. The second kappa shape index (κ2) is 7.29. The number of hydrogen-bond acceptors (Lipinski definition) is 4. The Bertz CT molecular complexity index is 488. The van der Waals surface area contributed by atoms with E-state index in [1.54, 1.807) is 0 Å². The molecule has 1 unspecified atom stereocenters. The van der Waals surface area contributed by atoms with E-state index in [0.717, 1.165) is 44.0 Å². The molecule has 0 radical (unpaired) electrons.